The summed E-state index contributed by atoms with van der Waals surface area (Å²) < 4.78 is 74.7. The van der Waals surface area contributed by atoms with Crippen molar-refractivity contribution in [2.75, 3.05) is 37.7 Å². The Morgan fingerprint density at radius 2 is 1.57 bits per heavy atom. The average molecular weight is 418 g/mol. The van der Waals surface area contributed by atoms with Crippen LogP contribution in [0.5, 0.6) is 0 Å². The van der Waals surface area contributed by atoms with E-state index in [4.69, 9.17) is 0 Å². The van der Waals surface area contributed by atoms with Crippen LogP contribution in [0, 0.1) is 22.6 Å². The van der Waals surface area contributed by atoms with E-state index in [0.717, 1.165) is 45.1 Å². The maximum atomic E-state index is 14.0. The van der Waals surface area contributed by atoms with Crippen LogP contribution in [0.1, 0.15) is 24.0 Å². The van der Waals surface area contributed by atoms with Gasteiger partial charge < -0.3 is 0 Å². The van der Waals surface area contributed by atoms with Crippen molar-refractivity contribution in [1.29, 1.82) is 0 Å². The molecule has 1 aromatic rings. The third kappa shape index (κ3) is 3.06. The Morgan fingerprint density at radius 3 is 2.07 bits per heavy atom. The predicted molar refractivity (Wildman–Crippen MR) is 94.5 cm³/mol. The fourth-order valence-corrected chi connectivity index (χ4v) is 7.84. The fraction of sp³-hybridized carbons (Fsp3) is 0.684. The summed E-state index contributed by atoms with van der Waals surface area (Å²) in [5.74, 6) is 0.173. The molecule has 2 spiro atoms. The molecular formula is C19H22F4N2O2S. The van der Waals surface area contributed by atoms with Gasteiger partial charge in [0, 0.05) is 31.6 Å². The lowest BCUT2D eigenvalue weighted by Gasteiger charge is -2.67. The van der Waals surface area contributed by atoms with Gasteiger partial charge in [-0.05, 0) is 48.3 Å². The first-order valence-electron chi connectivity index (χ1n) is 9.53. The highest BCUT2D eigenvalue weighted by molar-refractivity contribution is 7.92. The molecule has 1 saturated carbocycles. The molecule has 154 valence electrons. The molecule has 1 aliphatic carbocycles. The molecule has 0 unspecified atom stereocenters. The van der Waals surface area contributed by atoms with Crippen molar-refractivity contribution in [3.8, 4) is 0 Å². The second-order valence-electron chi connectivity index (χ2n) is 9.46. The minimum absolute atomic E-state index is 0.0101. The van der Waals surface area contributed by atoms with Gasteiger partial charge in [-0.25, -0.2) is 22.8 Å². The zero-order valence-corrected chi connectivity index (χ0v) is 16.1. The number of benzene rings is 1. The second-order valence-corrected chi connectivity index (χ2v) is 11.5. The first-order valence-corrected chi connectivity index (χ1v) is 11.3. The van der Waals surface area contributed by atoms with E-state index in [-0.39, 0.29) is 10.8 Å². The third-order valence-electron chi connectivity index (χ3n) is 6.86. The SMILES string of the molecule is O=S1(=O)CC2(CN(N3CC4(CC(Cc5ccc(C(F)(F)F)cc5F)C4)C3)C2)C1. The molecule has 4 aliphatic rings. The van der Waals surface area contributed by atoms with Crippen LogP contribution < -0.4 is 0 Å². The number of nitrogens with zero attached hydrogens (tertiary/aromatic N) is 2. The number of hydrazine groups is 1. The van der Waals surface area contributed by atoms with Gasteiger partial charge in [-0.15, -0.1) is 0 Å². The van der Waals surface area contributed by atoms with E-state index < -0.39 is 27.4 Å². The van der Waals surface area contributed by atoms with E-state index in [9.17, 15) is 26.0 Å². The smallest absolute Gasteiger partial charge is 0.241 e. The zero-order chi connectivity index (χ0) is 19.9. The van der Waals surface area contributed by atoms with Crippen LogP contribution in [0.4, 0.5) is 17.6 Å². The highest BCUT2D eigenvalue weighted by atomic mass is 32.2. The number of sulfone groups is 1. The molecule has 0 aromatic heterocycles. The molecule has 9 heteroatoms. The van der Waals surface area contributed by atoms with Crippen molar-refractivity contribution in [3.05, 3.63) is 35.1 Å². The van der Waals surface area contributed by atoms with Crippen LogP contribution in [0.15, 0.2) is 18.2 Å². The summed E-state index contributed by atoms with van der Waals surface area (Å²) in [6.07, 6.45) is -2.10. The van der Waals surface area contributed by atoms with E-state index in [1.54, 1.807) is 0 Å². The second kappa shape index (κ2) is 5.70. The molecule has 0 atom stereocenters. The Bertz CT molecular complexity index is 896. The van der Waals surface area contributed by atoms with Crippen LogP contribution in [0.2, 0.25) is 0 Å². The van der Waals surface area contributed by atoms with Crippen molar-refractivity contribution in [3.63, 3.8) is 0 Å². The quantitative estimate of drug-likeness (QED) is 0.708. The molecule has 1 aromatic carbocycles. The van der Waals surface area contributed by atoms with Crippen LogP contribution in [-0.2, 0) is 22.4 Å². The summed E-state index contributed by atoms with van der Waals surface area (Å²) in [5.41, 5.74) is -0.342. The van der Waals surface area contributed by atoms with Gasteiger partial charge in [0.2, 0.25) is 0 Å². The largest absolute Gasteiger partial charge is 0.416 e. The Balaban J connectivity index is 1.09. The monoisotopic (exact) mass is 418 g/mol. The summed E-state index contributed by atoms with van der Waals surface area (Å²) in [6.45, 7) is 3.54. The lowest BCUT2D eigenvalue weighted by Crippen LogP contribution is -2.77. The lowest BCUT2D eigenvalue weighted by molar-refractivity contribution is -0.242. The number of halogens is 4. The van der Waals surface area contributed by atoms with Gasteiger partial charge in [0.25, 0.3) is 0 Å². The van der Waals surface area contributed by atoms with E-state index >= 15 is 0 Å². The van der Waals surface area contributed by atoms with Gasteiger partial charge in [-0.2, -0.15) is 13.2 Å². The molecular weight excluding hydrogens is 396 g/mol. The van der Waals surface area contributed by atoms with E-state index in [0.29, 0.717) is 35.5 Å². The molecule has 0 bridgehead atoms. The topological polar surface area (TPSA) is 40.6 Å². The normalized spacial score (nSPS) is 28.4. The van der Waals surface area contributed by atoms with Gasteiger partial charge in [-0.3, -0.25) is 0 Å². The van der Waals surface area contributed by atoms with Crippen molar-refractivity contribution >= 4 is 9.84 Å². The minimum Gasteiger partial charge on any atom is -0.241 e. The van der Waals surface area contributed by atoms with Crippen molar-refractivity contribution in [1.82, 2.24) is 10.0 Å². The molecule has 0 amide bonds. The average Bonchev–Trinajstić information content (AvgIpc) is 2.43. The van der Waals surface area contributed by atoms with Crippen LogP contribution >= 0.6 is 0 Å². The standard InChI is InChI=1S/C19H22F4N2O2S/c20-16-4-15(19(21,22)23)2-1-14(16)3-13-5-17(6-13)7-24(8-17)25-9-18(10-25)11-28(26,27)12-18/h1-2,4,13H,3,5-12H2. The van der Waals surface area contributed by atoms with E-state index in [1.165, 1.54) is 6.07 Å². The highest BCUT2D eigenvalue weighted by Crippen LogP contribution is 2.55. The molecule has 4 nitrogen and oxygen atoms in total. The van der Waals surface area contributed by atoms with Gasteiger partial charge >= 0.3 is 6.18 Å². The summed E-state index contributed by atoms with van der Waals surface area (Å²) in [4.78, 5) is 0. The summed E-state index contributed by atoms with van der Waals surface area (Å²) in [5, 5.41) is 4.52. The van der Waals surface area contributed by atoms with Crippen molar-refractivity contribution < 1.29 is 26.0 Å². The van der Waals surface area contributed by atoms with Crippen molar-refractivity contribution in [2.45, 2.75) is 25.4 Å². The maximum absolute atomic E-state index is 14.0. The Kier molecular flexibility index (Phi) is 3.83. The summed E-state index contributed by atoms with van der Waals surface area (Å²) >= 11 is 0. The molecule has 5 rings (SSSR count). The number of rotatable bonds is 3. The first-order chi connectivity index (χ1) is 13.0. The zero-order valence-electron chi connectivity index (χ0n) is 15.3. The molecule has 3 saturated heterocycles. The van der Waals surface area contributed by atoms with Gasteiger partial charge in [0.05, 0.1) is 17.1 Å². The van der Waals surface area contributed by atoms with Crippen molar-refractivity contribution in [2.24, 2.45) is 16.7 Å². The molecule has 0 N–H and O–H groups in total. The minimum atomic E-state index is -4.52. The molecule has 3 heterocycles. The third-order valence-corrected chi connectivity index (χ3v) is 8.96. The van der Waals surface area contributed by atoms with Gasteiger partial charge in [0.15, 0.2) is 9.84 Å². The number of hydrogen-bond donors (Lipinski definition) is 0. The van der Waals surface area contributed by atoms with Gasteiger partial charge in [0.1, 0.15) is 5.82 Å². The first kappa shape index (κ1) is 18.8. The Hall–Kier alpha value is -1.19. The molecule has 3 aliphatic heterocycles. The fourth-order valence-electron chi connectivity index (χ4n) is 5.70. The Labute approximate surface area is 161 Å². The van der Waals surface area contributed by atoms with Crippen LogP contribution in [0.25, 0.3) is 0 Å². The summed E-state index contributed by atoms with van der Waals surface area (Å²) in [6, 6.07) is 2.82. The number of alkyl halides is 3. The van der Waals surface area contributed by atoms with E-state index in [1.807, 2.05) is 0 Å². The Morgan fingerprint density at radius 1 is 1.00 bits per heavy atom. The highest BCUT2D eigenvalue weighted by Gasteiger charge is 2.61. The maximum Gasteiger partial charge on any atom is 0.416 e. The van der Waals surface area contributed by atoms with Crippen LogP contribution in [-0.4, -0.2) is 56.1 Å². The molecule has 28 heavy (non-hydrogen) atoms. The number of hydrogen-bond acceptors (Lipinski definition) is 4. The molecule has 0 radical (unpaired) electrons. The summed E-state index contributed by atoms with van der Waals surface area (Å²) in [7, 11) is -2.79. The predicted octanol–water partition coefficient (Wildman–Crippen LogP) is 2.74. The van der Waals surface area contributed by atoms with Crippen LogP contribution in [0.3, 0.4) is 0 Å². The lowest BCUT2D eigenvalue weighted by atomic mass is 9.57. The molecule has 4 fully saturated rings. The van der Waals surface area contributed by atoms with Gasteiger partial charge in [-0.1, -0.05) is 6.07 Å². The van der Waals surface area contributed by atoms with E-state index in [2.05, 4.69) is 10.0 Å².